The molecule has 0 saturated carbocycles. The summed E-state index contributed by atoms with van der Waals surface area (Å²) in [5, 5.41) is 0. The Morgan fingerprint density at radius 1 is 1.25 bits per heavy atom. The Morgan fingerprint density at radius 2 is 1.75 bits per heavy atom. The Balaban J connectivity index is 4.57. The lowest BCUT2D eigenvalue weighted by atomic mass is 10.1. The van der Waals surface area contributed by atoms with Gasteiger partial charge in [-0.3, -0.25) is 0 Å². The van der Waals surface area contributed by atoms with Crippen LogP contribution in [0.1, 0.15) is 41.5 Å². The van der Waals surface area contributed by atoms with Gasteiger partial charge in [0.25, 0.3) is 0 Å². The number of hydrogen-bond acceptors (Lipinski definition) is 4. The van der Waals surface area contributed by atoms with Crippen LogP contribution in [0.2, 0.25) is 0 Å². The minimum absolute atomic E-state index is 0.228. The van der Waals surface area contributed by atoms with E-state index in [4.69, 9.17) is 9.47 Å². The summed E-state index contributed by atoms with van der Waals surface area (Å²) < 4.78 is 10.1. The average molecular weight is 228 g/mol. The van der Waals surface area contributed by atoms with E-state index in [1.54, 1.807) is 33.8 Å². The Kier molecular flexibility index (Phi) is 5.21. The molecule has 0 aromatic heterocycles. The van der Waals surface area contributed by atoms with Crippen LogP contribution in [0, 0.1) is 0 Å². The van der Waals surface area contributed by atoms with Crippen molar-refractivity contribution >= 4 is 11.9 Å². The van der Waals surface area contributed by atoms with Gasteiger partial charge in [0.1, 0.15) is 0 Å². The smallest absolute Gasteiger partial charge is 0.350 e. The van der Waals surface area contributed by atoms with Gasteiger partial charge in [-0.05, 0) is 41.5 Å². The van der Waals surface area contributed by atoms with E-state index < -0.39 is 17.5 Å². The number of allylic oxidation sites excluding steroid dienone is 1. The first kappa shape index (κ1) is 14.7. The van der Waals surface area contributed by atoms with Crippen LogP contribution in [-0.4, -0.2) is 23.6 Å². The highest BCUT2D eigenvalue weighted by atomic mass is 16.6. The summed E-state index contributed by atoms with van der Waals surface area (Å²) in [5.41, 5.74) is -0.795. The molecule has 0 aromatic carbocycles. The van der Waals surface area contributed by atoms with Gasteiger partial charge in [0, 0.05) is 5.57 Å². The summed E-state index contributed by atoms with van der Waals surface area (Å²) in [6, 6.07) is 0. The van der Waals surface area contributed by atoms with Crippen LogP contribution >= 0.6 is 0 Å². The lowest BCUT2D eigenvalue weighted by Crippen LogP contribution is -2.40. The fourth-order valence-corrected chi connectivity index (χ4v) is 0.828. The molecule has 0 aliphatic rings. The summed E-state index contributed by atoms with van der Waals surface area (Å²) in [4.78, 5) is 23.1. The molecule has 0 aromatic rings. The van der Waals surface area contributed by atoms with Gasteiger partial charge in [-0.2, -0.15) is 0 Å². The second kappa shape index (κ2) is 5.68. The van der Waals surface area contributed by atoms with E-state index in [-0.39, 0.29) is 6.10 Å². The molecule has 4 heteroatoms. The van der Waals surface area contributed by atoms with Crippen molar-refractivity contribution in [2.75, 3.05) is 0 Å². The van der Waals surface area contributed by atoms with Crippen LogP contribution in [0.4, 0.5) is 0 Å². The molecule has 0 heterocycles. The lowest BCUT2D eigenvalue weighted by Gasteiger charge is -2.24. The third-order valence-electron chi connectivity index (χ3n) is 1.94. The van der Waals surface area contributed by atoms with Crippen molar-refractivity contribution in [1.82, 2.24) is 0 Å². The van der Waals surface area contributed by atoms with Crippen molar-refractivity contribution < 1.29 is 19.1 Å². The van der Waals surface area contributed by atoms with E-state index in [0.717, 1.165) is 0 Å². The molecule has 0 N–H and O–H groups in total. The maximum atomic E-state index is 11.6. The highest BCUT2D eigenvalue weighted by molar-refractivity contribution is 5.91. The van der Waals surface area contributed by atoms with Crippen LogP contribution in [0.5, 0.6) is 0 Å². The number of esters is 2. The predicted molar refractivity (Wildman–Crippen MR) is 60.8 cm³/mol. The quantitative estimate of drug-likeness (QED) is 0.547. The first-order valence-corrected chi connectivity index (χ1v) is 5.28. The number of ether oxygens (including phenoxy) is 2. The van der Waals surface area contributed by atoms with Gasteiger partial charge in [-0.1, -0.05) is 6.08 Å². The summed E-state index contributed by atoms with van der Waals surface area (Å²) in [6.07, 6.45) is 1.40. The molecular weight excluding hydrogens is 208 g/mol. The van der Waals surface area contributed by atoms with E-state index >= 15 is 0 Å². The van der Waals surface area contributed by atoms with E-state index in [2.05, 4.69) is 0 Å². The fourth-order valence-electron chi connectivity index (χ4n) is 0.828. The van der Waals surface area contributed by atoms with Crippen LogP contribution in [0.25, 0.3) is 0 Å². The normalized spacial score (nSPS) is 12.6. The first-order valence-electron chi connectivity index (χ1n) is 5.28. The number of rotatable bonds is 4. The number of carbonyl (C=O) groups excluding carboxylic acids is 2. The minimum Gasteiger partial charge on any atom is -0.460 e. The molecular formula is C12H20O4. The Morgan fingerprint density at radius 3 is 2.12 bits per heavy atom. The van der Waals surface area contributed by atoms with Gasteiger partial charge >= 0.3 is 11.9 Å². The number of carbonyl (C=O) groups is 2. The molecule has 0 aliphatic heterocycles. The Bertz CT molecular complexity index is 300. The van der Waals surface area contributed by atoms with Gasteiger partial charge in [0.05, 0.1) is 6.10 Å². The van der Waals surface area contributed by atoms with Crippen molar-refractivity contribution in [1.29, 1.82) is 0 Å². The molecule has 0 rings (SSSR count). The second-order valence-corrected chi connectivity index (χ2v) is 4.33. The zero-order valence-electron chi connectivity index (χ0n) is 10.8. The zero-order valence-corrected chi connectivity index (χ0v) is 10.8. The third kappa shape index (κ3) is 4.47. The van der Waals surface area contributed by atoms with Crippen molar-refractivity contribution in [3.05, 3.63) is 11.6 Å². The molecule has 92 valence electrons. The molecule has 16 heavy (non-hydrogen) atoms. The molecule has 0 atom stereocenters. The lowest BCUT2D eigenvalue weighted by molar-refractivity contribution is -0.179. The topological polar surface area (TPSA) is 52.6 Å². The van der Waals surface area contributed by atoms with Crippen LogP contribution in [-0.2, 0) is 19.1 Å². The van der Waals surface area contributed by atoms with Crippen LogP contribution in [0.15, 0.2) is 11.6 Å². The molecule has 0 spiro atoms. The van der Waals surface area contributed by atoms with Crippen molar-refractivity contribution in [2.24, 2.45) is 0 Å². The average Bonchev–Trinajstić information content (AvgIpc) is 2.14. The van der Waals surface area contributed by atoms with Crippen molar-refractivity contribution in [3.63, 3.8) is 0 Å². The third-order valence-corrected chi connectivity index (χ3v) is 1.94. The number of hydrogen-bond donors (Lipinski definition) is 0. The van der Waals surface area contributed by atoms with Gasteiger partial charge < -0.3 is 9.47 Å². The van der Waals surface area contributed by atoms with E-state index in [0.29, 0.717) is 5.57 Å². The Hall–Kier alpha value is -1.32. The molecule has 0 fully saturated rings. The molecule has 0 bridgehead atoms. The van der Waals surface area contributed by atoms with Crippen LogP contribution in [0.3, 0.4) is 0 Å². The van der Waals surface area contributed by atoms with E-state index in [1.165, 1.54) is 13.8 Å². The fraction of sp³-hybridized carbons (Fsp3) is 0.667. The highest BCUT2D eigenvalue weighted by Crippen LogP contribution is 2.15. The zero-order chi connectivity index (χ0) is 12.9. The summed E-state index contributed by atoms with van der Waals surface area (Å²) >= 11 is 0. The predicted octanol–water partition coefficient (Wildman–Crippen LogP) is 2.23. The van der Waals surface area contributed by atoms with Gasteiger partial charge in [-0.25, -0.2) is 9.59 Å². The monoisotopic (exact) mass is 228 g/mol. The largest absolute Gasteiger partial charge is 0.460 e. The van der Waals surface area contributed by atoms with Crippen molar-refractivity contribution in [2.45, 2.75) is 53.2 Å². The molecule has 4 nitrogen and oxygen atoms in total. The van der Waals surface area contributed by atoms with Gasteiger partial charge in [0.2, 0.25) is 5.60 Å². The van der Waals surface area contributed by atoms with Gasteiger partial charge in [0.15, 0.2) is 0 Å². The second-order valence-electron chi connectivity index (χ2n) is 4.33. The highest BCUT2D eigenvalue weighted by Gasteiger charge is 2.34. The molecule has 0 aliphatic carbocycles. The SMILES string of the molecule is CC=C(C)C(=O)OC(C)(C)C(=O)OC(C)C. The molecule has 0 saturated heterocycles. The minimum atomic E-state index is -1.26. The first-order chi connectivity index (χ1) is 7.20. The summed E-state index contributed by atoms with van der Waals surface area (Å²) in [5.74, 6) is -1.05. The molecule has 0 amide bonds. The Labute approximate surface area is 96.6 Å². The maximum absolute atomic E-state index is 11.6. The molecule has 0 unspecified atom stereocenters. The standard InChI is InChI=1S/C12H20O4/c1-7-9(4)10(13)16-12(5,6)11(14)15-8(2)3/h7-8H,1-6H3. The van der Waals surface area contributed by atoms with E-state index in [1.807, 2.05) is 0 Å². The summed E-state index contributed by atoms with van der Waals surface area (Å²) in [6.45, 7) is 9.87. The maximum Gasteiger partial charge on any atom is 0.350 e. The van der Waals surface area contributed by atoms with Gasteiger partial charge in [-0.15, -0.1) is 0 Å². The van der Waals surface area contributed by atoms with E-state index in [9.17, 15) is 9.59 Å². The summed E-state index contributed by atoms with van der Waals surface area (Å²) in [7, 11) is 0. The van der Waals surface area contributed by atoms with Crippen molar-refractivity contribution in [3.8, 4) is 0 Å². The van der Waals surface area contributed by atoms with Crippen LogP contribution < -0.4 is 0 Å². The molecule has 0 radical (unpaired) electrons.